The number of primary amides is 1. The standard InChI is InChI=1S/C13H21N5O/c1-3-4-10-16-11(14)8(2)13(17-10)18-6-5-9(7-18)12(15)19/h9H,3-7H2,1-2H3,(H2,15,19)(H2,14,16,17). The minimum Gasteiger partial charge on any atom is -0.383 e. The fraction of sp³-hybridized carbons (Fsp3) is 0.615. The predicted octanol–water partition coefficient (Wildman–Crippen LogP) is 0.631. The van der Waals surface area contributed by atoms with Gasteiger partial charge >= 0.3 is 0 Å². The van der Waals surface area contributed by atoms with Crippen molar-refractivity contribution >= 4 is 17.5 Å². The highest BCUT2D eigenvalue weighted by Gasteiger charge is 2.29. The van der Waals surface area contributed by atoms with Gasteiger partial charge in [0.25, 0.3) is 0 Å². The Morgan fingerprint density at radius 2 is 2.21 bits per heavy atom. The number of hydrogen-bond donors (Lipinski definition) is 2. The van der Waals surface area contributed by atoms with Crippen molar-refractivity contribution in [2.45, 2.75) is 33.1 Å². The van der Waals surface area contributed by atoms with Gasteiger partial charge in [-0.1, -0.05) is 6.92 Å². The summed E-state index contributed by atoms with van der Waals surface area (Å²) in [4.78, 5) is 22.2. The van der Waals surface area contributed by atoms with Gasteiger partial charge in [-0.2, -0.15) is 0 Å². The van der Waals surface area contributed by atoms with Crippen LogP contribution in [0.2, 0.25) is 0 Å². The summed E-state index contributed by atoms with van der Waals surface area (Å²) in [5.74, 6) is 1.81. The topological polar surface area (TPSA) is 98.1 Å². The molecule has 4 N–H and O–H groups in total. The highest BCUT2D eigenvalue weighted by molar-refractivity contribution is 5.78. The number of aryl methyl sites for hydroxylation is 1. The molecule has 1 saturated heterocycles. The van der Waals surface area contributed by atoms with E-state index in [1.807, 2.05) is 6.92 Å². The molecule has 0 bridgehead atoms. The van der Waals surface area contributed by atoms with Crippen molar-refractivity contribution in [1.82, 2.24) is 9.97 Å². The number of anilines is 2. The van der Waals surface area contributed by atoms with E-state index in [9.17, 15) is 4.79 Å². The highest BCUT2D eigenvalue weighted by atomic mass is 16.1. The Hall–Kier alpha value is -1.85. The van der Waals surface area contributed by atoms with Gasteiger partial charge in [-0.3, -0.25) is 4.79 Å². The smallest absolute Gasteiger partial charge is 0.222 e. The van der Waals surface area contributed by atoms with Crippen molar-refractivity contribution in [3.63, 3.8) is 0 Å². The molecule has 0 aliphatic carbocycles. The molecule has 2 heterocycles. The van der Waals surface area contributed by atoms with Gasteiger partial charge in [-0.05, 0) is 19.8 Å². The van der Waals surface area contributed by atoms with E-state index in [-0.39, 0.29) is 11.8 Å². The third-order valence-corrected chi connectivity index (χ3v) is 3.57. The molecule has 1 fully saturated rings. The molecule has 6 nitrogen and oxygen atoms in total. The Morgan fingerprint density at radius 1 is 1.47 bits per heavy atom. The van der Waals surface area contributed by atoms with Crippen LogP contribution in [0, 0.1) is 12.8 Å². The number of carbonyl (C=O) groups is 1. The second-order valence-corrected chi connectivity index (χ2v) is 5.06. The molecule has 0 radical (unpaired) electrons. The lowest BCUT2D eigenvalue weighted by Gasteiger charge is -2.20. The van der Waals surface area contributed by atoms with Gasteiger partial charge in [0.05, 0.1) is 5.92 Å². The molecule has 0 saturated carbocycles. The second kappa shape index (κ2) is 5.42. The van der Waals surface area contributed by atoms with Crippen LogP contribution >= 0.6 is 0 Å². The number of nitrogens with zero attached hydrogens (tertiary/aromatic N) is 3. The van der Waals surface area contributed by atoms with E-state index < -0.39 is 0 Å². The number of aromatic nitrogens is 2. The van der Waals surface area contributed by atoms with Crippen LogP contribution in [0.3, 0.4) is 0 Å². The quantitative estimate of drug-likeness (QED) is 0.830. The summed E-state index contributed by atoms with van der Waals surface area (Å²) in [7, 11) is 0. The average Bonchev–Trinajstić information content (AvgIpc) is 2.83. The molecule has 0 spiro atoms. The van der Waals surface area contributed by atoms with Crippen LogP contribution in [0.15, 0.2) is 0 Å². The van der Waals surface area contributed by atoms with Gasteiger partial charge in [0.1, 0.15) is 17.5 Å². The van der Waals surface area contributed by atoms with Gasteiger partial charge in [-0.15, -0.1) is 0 Å². The molecule has 1 aliphatic rings. The van der Waals surface area contributed by atoms with Crippen molar-refractivity contribution in [2.24, 2.45) is 11.7 Å². The normalized spacial score (nSPS) is 18.8. The van der Waals surface area contributed by atoms with Crippen molar-refractivity contribution < 1.29 is 4.79 Å². The van der Waals surface area contributed by atoms with Gasteiger partial charge in [0, 0.05) is 25.1 Å². The first-order chi connectivity index (χ1) is 9.02. The first-order valence-electron chi connectivity index (χ1n) is 6.70. The minimum atomic E-state index is -0.240. The number of hydrogen-bond acceptors (Lipinski definition) is 5. The summed E-state index contributed by atoms with van der Waals surface area (Å²) in [5.41, 5.74) is 12.2. The number of rotatable bonds is 4. The number of amides is 1. The summed E-state index contributed by atoms with van der Waals surface area (Å²) in [6.07, 6.45) is 2.57. The summed E-state index contributed by atoms with van der Waals surface area (Å²) >= 11 is 0. The molecule has 1 aromatic rings. The van der Waals surface area contributed by atoms with Crippen LogP contribution < -0.4 is 16.4 Å². The zero-order chi connectivity index (χ0) is 14.0. The third kappa shape index (κ3) is 2.77. The molecule has 0 aromatic carbocycles. The molecule has 1 atom stereocenters. The Morgan fingerprint density at radius 3 is 2.79 bits per heavy atom. The monoisotopic (exact) mass is 263 g/mol. The molecule has 2 rings (SSSR count). The van der Waals surface area contributed by atoms with Crippen molar-refractivity contribution in [3.8, 4) is 0 Å². The van der Waals surface area contributed by atoms with Crippen LogP contribution in [-0.2, 0) is 11.2 Å². The minimum absolute atomic E-state index is 0.0924. The number of carbonyl (C=O) groups excluding carboxylic acids is 1. The third-order valence-electron chi connectivity index (χ3n) is 3.57. The van der Waals surface area contributed by atoms with E-state index in [1.54, 1.807) is 0 Å². The Balaban J connectivity index is 2.26. The summed E-state index contributed by atoms with van der Waals surface area (Å²) in [5, 5.41) is 0. The molecule has 1 unspecified atom stereocenters. The molecule has 6 heteroatoms. The van der Waals surface area contributed by atoms with E-state index >= 15 is 0 Å². The van der Waals surface area contributed by atoms with E-state index in [2.05, 4.69) is 21.8 Å². The van der Waals surface area contributed by atoms with E-state index in [0.717, 1.165) is 43.0 Å². The molecule has 19 heavy (non-hydrogen) atoms. The van der Waals surface area contributed by atoms with Crippen LogP contribution in [0.5, 0.6) is 0 Å². The molecular formula is C13H21N5O. The van der Waals surface area contributed by atoms with E-state index in [0.29, 0.717) is 12.4 Å². The fourth-order valence-corrected chi connectivity index (χ4v) is 2.40. The van der Waals surface area contributed by atoms with E-state index in [1.165, 1.54) is 0 Å². The van der Waals surface area contributed by atoms with Crippen LogP contribution in [-0.4, -0.2) is 29.0 Å². The largest absolute Gasteiger partial charge is 0.383 e. The van der Waals surface area contributed by atoms with Crippen molar-refractivity contribution in [2.75, 3.05) is 23.7 Å². The molecular weight excluding hydrogens is 242 g/mol. The number of nitrogens with two attached hydrogens (primary N) is 2. The molecule has 1 aliphatic heterocycles. The highest BCUT2D eigenvalue weighted by Crippen LogP contribution is 2.27. The Labute approximate surface area is 113 Å². The maximum Gasteiger partial charge on any atom is 0.222 e. The first kappa shape index (κ1) is 13.6. The van der Waals surface area contributed by atoms with Gasteiger partial charge in [0.2, 0.25) is 5.91 Å². The van der Waals surface area contributed by atoms with Gasteiger partial charge in [0.15, 0.2) is 0 Å². The molecule has 1 amide bonds. The maximum absolute atomic E-state index is 11.2. The van der Waals surface area contributed by atoms with Gasteiger partial charge in [-0.25, -0.2) is 9.97 Å². The van der Waals surface area contributed by atoms with E-state index in [4.69, 9.17) is 11.5 Å². The predicted molar refractivity (Wildman–Crippen MR) is 74.7 cm³/mol. The fourth-order valence-electron chi connectivity index (χ4n) is 2.40. The maximum atomic E-state index is 11.2. The van der Waals surface area contributed by atoms with Crippen LogP contribution in [0.1, 0.15) is 31.2 Å². The lowest BCUT2D eigenvalue weighted by molar-refractivity contribution is -0.121. The number of nitrogen functional groups attached to an aromatic ring is 1. The lowest BCUT2D eigenvalue weighted by atomic mass is 10.1. The molecule has 104 valence electrons. The Kier molecular flexibility index (Phi) is 3.87. The van der Waals surface area contributed by atoms with Crippen LogP contribution in [0.25, 0.3) is 0 Å². The van der Waals surface area contributed by atoms with Crippen LogP contribution in [0.4, 0.5) is 11.6 Å². The molecule has 1 aromatic heterocycles. The zero-order valence-corrected chi connectivity index (χ0v) is 11.5. The summed E-state index contributed by atoms with van der Waals surface area (Å²) in [6.45, 7) is 5.41. The SMILES string of the molecule is CCCc1nc(N)c(C)c(N2CCC(C(N)=O)C2)n1. The van der Waals surface area contributed by atoms with Crippen molar-refractivity contribution in [1.29, 1.82) is 0 Å². The van der Waals surface area contributed by atoms with Gasteiger partial charge < -0.3 is 16.4 Å². The second-order valence-electron chi connectivity index (χ2n) is 5.06. The van der Waals surface area contributed by atoms with Crippen molar-refractivity contribution in [3.05, 3.63) is 11.4 Å². The zero-order valence-electron chi connectivity index (χ0n) is 11.5. The summed E-state index contributed by atoms with van der Waals surface area (Å²) in [6, 6.07) is 0. The first-order valence-corrected chi connectivity index (χ1v) is 6.70. The average molecular weight is 263 g/mol. The summed E-state index contributed by atoms with van der Waals surface area (Å²) < 4.78 is 0. The Bertz CT molecular complexity index is 488. The lowest BCUT2D eigenvalue weighted by Crippen LogP contribution is -2.28.